The average Bonchev–Trinajstić information content (AvgIpc) is 2.47. The third-order valence-electron chi connectivity index (χ3n) is 2.82. The van der Waals surface area contributed by atoms with Gasteiger partial charge in [-0.25, -0.2) is 8.42 Å². The van der Waals surface area contributed by atoms with Gasteiger partial charge in [0.05, 0.1) is 16.4 Å². The van der Waals surface area contributed by atoms with Crippen molar-refractivity contribution in [3.05, 3.63) is 53.5 Å². The molecule has 0 saturated heterocycles. The maximum Gasteiger partial charge on any atom is 0.206 e. The van der Waals surface area contributed by atoms with E-state index in [1.54, 1.807) is 49.6 Å². The number of hydrogen-bond donors (Lipinski definition) is 0. The van der Waals surface area contributed by atoms with Crippen molar-refractivity contribution in [2.24, 2.45) is 0 Å². The van der Waals surface area contributed by atoms with Crippen LogP contribution >= 0.6 is 0 Å². The second-order valence-corrected chi connectivity index (χ2v) is 6.37. The van der Waals surface area contributed by atoms with Gasteiger partial charge < -0.3 is 4.74 Å². The van der Waals surface area contributed by atoms with Gasteiger partial charge in [0.15, 0.2) is 0 Å². The quantitative estimate of drug-likeness (QED) is 0.542. The van der Waals surface area contributed by atoms with Crippen LogP contribution in [0.3, 0.4) is 0 Å². The molecule has 3 nitrogen and oxygen atoms in total. The standard InChI is InChI=1S/C16H22O3S/c1-3-4-5-7-12-16(13-14-19-2)20(17,18)15-10-8-6-9-11-15/h6-13H,3-5,14H2,1-2H3/b12-7+,16-13-. The monoisotopic (exact) mass is 294 g/mol. The van der Waals surface area contributed by atoms with Crippen LogP contribution in [0.4, 0.5) is 0 Å². The van der Waals surface area contributed by atoms with Crippen molar-refractivity contribution >= 4 is 9.84 Å². The summed E-state index contributed by atoms with van der Waals surface area (Å²) in [5, 5.41) is 0. The van der Waals surface area contributed by atoms with Crippen LogP contribution in [0.5, 0.6) is 0 Å². The topological polar surface area (TPSA) is 43.4 Å². The summed E-state index contributed by atoms with van der Waals surface area (Å²) in [6.07, 6.45) is 8.21. The number of benzene rings is 1. The van der Waals surface area contributed by atoms with E-state index in [0.29, 0.717) is 9.80 Å². The highest BCUT2D eigenvalue weighted by Gasteiger charge is 2.17. The minimum absolute atomic E-state index is 0.277. The highest BCUT2D eigenvalue weighted by Crippen LogP contribution is 2.20. The van der Waals surface area contributed by atoms with Crippen molar-refractivity contribution in [3.8, 4) is 0 Å². The van der Waals surface area contributed by atoms with Gasteiger partial charge >= 0.3 is 0 Å². The molecule has 0 heterocycles. The molecule has 0 bridgehead atoms. The fraction of sp³-hybridized carbons (Fsp3) is 0.375. The lowest BCUT2D eigenvalue weighted by molar-refractivity contribution is 0.233. The van der Waals surface area contributed by atoms with Gasteiger partial charge in [-0.3, -0.25) is 0 Å². The first-order chi connectivity index (χ1) is 9.62. The van der Waals surface area contributed by atoms with Crippen LogP contribution in [-0.4, -0.2) is 22.1 Å². The second-order valence-electron chi connectivity index (χ2n) is 4.42. The summed E-state index contributed by atoms with van der Waals surface area (Å²) in [6, 6.07) is 8.46. The van der Waals surface area contributed by atoms with Crippen molar-refractivity contribution < 1.29 is 13.2 Å². The molecule has 110 valence electrons. The Hall–Kier alpha value is -1.39. The van der Waals surface area contributed by atoms with E-state index in [-0.39, 0.29) is 6.61 Å². The van der Waals surface area contributed by atoms with E-state index in [4.69, 9.17) is 4.74 Å². The molecule has 4 heteroatoms. The average molecular weight is 294 g/mol. The molecule has 0 aliphatic heterocycles. The molecule has 0 spiro atoms. The first-order valence-electron chi connectivity index (χ1n) is 6.78. The Morgan fingerprint density at radius 2 is 1.95 bits per heavy atom. The molecule has 0 aromatic heterocycles. The SMILES string of the molecule is CCCC/C=C/C(=C/COC)S(=O)(=O)c1ccccc1. The summed E-state index contributed by atoms with van der Waals surface area (Å²) >= 11 is 0. The van der Waals surface area contributed by atoms with Crippen LogP contribution in [0.15, 0.2) is 58.4 Å². The number of hydrogen-bond acceptors (Lipinski definition) is 3. The Labute approximate surface area is 121 Å². The van der Waals surface area contributed by atoms with Crippen molar-refractivity contribution in [2.75, 3.05) is 13.7 Å². The lowest BCUT2D eigenvalue weighted by Crippen LogP contribution is -2.04. The number of rotatable bonds is 8. The summed E-state index contributed by atoms with van der Waals surface area (Å²) in [7, 11) is -1.92. The smallest absolute Gasteiger partial charge is 0.206 e. The van der Waals surface area contributed by atoms with Crippen molar-refractivity contribution in [1.29, 1.82) is 0 Å². The fourth-order valence-electron chi connectivity index (χ4n) is 1.69. The lowest BCUT2D eigenvalue weighted by Gasteiger charge is -2.05. The van der Waals surface area contributed by atoms with Crippen molar-refractivity contribution in [2.45, 2.75) is 31.1 Å². The number of unbranched alkanes of at least 4 members (excludes halogenated alkanes) is 2. The molecule has 0 N–H and O–H groups in total. The first-order valence-corrected chi connectivity index (χ1v) is 8.27. The minimum Gasteiger partial charge on any atom is -0.381 e. The van der Waals surface area contributed by atoms with Gasteiger partial charge in [0.1, 0.15) is 0 Å². The van der Waals surface area contributed by atoms with E-state index in [2.05, 4.69) is 6.92 Å². The zero-order chi connectivity index (χ0) is 14.8. The zero-order valence-corrected chi connectivity index (χ0v) is 12.9. The molecule has 20 heavy (non-hydrogen) atoms. The Bertz CT molecular complexity index is 542. The normalized spacial score (nSPS) is 13.0. The molecule has 0 aliphatic carbocycles. The minimum atomic E-state index is -3.47. The van der Waals surface area contributed by atoms with E-state index < -0.39 is 9.84 Å². The predicted octanol–water partition coefficient (Wildman–Crippen LogP) is 3.74. The Kier molecular flexibility index (Phi) is 7.26. The summed E-state index contributed by atoms with van der Waals surface area (Å²) in [5.41, 5.74) is 0. The van der Waals surface area contributed by atoms with Crippen LogP contribution < -0.4 is 0 Å². The molecular formula is C16H22O3S. The molecular weight excluding hydrogens is 272 g/mol. The summed E-state index contributed by atoms with van der Waals surface area (Å²) in [4.78, 5) is 0.601. The molecule has 0 fully saturated rings. The van der Waals surface area contributed by atoms with Crippen LogP contribution in [0, 0.1) is 0 Å². The van der Waals surface area contributed by atoms with E-state index >= 15 is 0 Å². The maximum atomic E-state index is 12.5. The molecule has 0 unspecified atom stereocenters. The molecule has 0 radical (unpaired) electrons. The van der Waals surface area contributed by atoms with Gasteiger partial charge in [0, 0.05) is 7.11 Å². The van der Waals surface area contributed by atoms with Gasteiger partial charge in [0.2, 0.25) is 9.84 Å². The zero-order valence-electron chi connectivity index (χ0n) is 12.1. The Balaban J connectivity index is 3.02. The molecule has 0 saturated carbocycles. The largest absolute Gasteiger partial charge is 0.381 e. The summed E-state index contributed by atoms with van der Waals surface area (Å²) in [5.74, 6) is 0. The first kappa shape index (κ1) is 16.7. The van der Waals surface area contributed by atoms with Crippen LogP contribution in [0.25, 0.3) is 0 Å². The summed E-state index contributed by atoms with van der Waals surface area (Å²) in [6.45, 7) is 2.38. The molecule has 1 aromatic carbocycles. The molecule has 1 aromatic rings. The van der Waals surface area contributed by atoms with E-state index in [1.807, 2.05) is 6.08 Å². The predicted molar refractivity (Wildman–Crippen MR) is 82.3 cm³/mol. The lowest BCUT2D eigenvalue weighted by atomic mass is 10.2. The molecule has 0 aliphatic rings. The maximum absolute atomic E-state index is 12.5. The van der Waals surface area contributed by atoms with Crippen molar-refractivity contribution in [3.63, 3.8) is 0 Å². The highest BCUT2D eigenvalue weighted by atomic mass is 32.2. The van der Waals surface area contributed by atoms with Crippen LogP contribution in [0.1, 0.15) is 26.2 Å². The van der Waals surface area contributed by atoms with Gasteiger partial charge in [-0.05, 0) is 30.7 Å². The van der Waals surface area contributed by atoms with Gasteiger partial charge in [-0.2, -0.15) is 0 Å². The highest BCUT2D eigenvalue weighted by molar-refractivity contribution is 7.95. The molecule has 0 amide bonds. The van der Waals surface area contributed by atoms with Gasteiger partial charge in [-0.1, -0.05) is 44.0 Å². The third-order valence-corrected chi connectivity index (χ3v) is 4.64. The Morgan fingerprint density at radius 1 is 1.25 bits per heavy atom. The fourth-order valence-corrected chi connectivity index (χ4v) is 3.04. The molecule has 1 rings (SSSR count). The van der Waals surface area contributed by atoms with Crippen LogP contribution in [0.2, 0.25) is 0 Å². The number of allylic oxidation sites excluding steroid dienone is 2. The van der Waals surface area contributed by atoms with Crippen molar-refractivity contribution in [1.82, 2.24) is 0 Å². The summed E-state index contributed by atoms with van der Waals surface area (Å²) < 4.78 is 30.0. The second kappa shape index (κ2) is 8.72. The van der Waals surface area contributed by atoms with E-state index in [9.17, 15) is 8.42 Å². The Morgan fingerprint density at radius 3 is 2.55 bits per heavy atom. The number of methoxy groups -OCH3 is 1. The van der Waals surface area contributed by atoms with Gasteiger partial charge in [0.25, 0.3) is 0 Å². The van der Waals surface area contributed by atoms with E-state index in [1.165, 1.54) is 0 Å². The number of ether oxygens (including phenoxy) is 1. The third kappa shape index (κ3) is 4.94. The molecule has 0 atom stereocenters. The van der Waals surface area contributed by atoms with E-state index in [0.717, 1.165) is 19.3 Å². The van der Waals surface area contributed by atoms with Crippen LogP contribution in [-0.2, 0) is 14.6 Å². The number of sulfone groups is 1. The van der Waals surface area contributed by atoms with Gasteiger partial charge in [-0.15, -0.1) is 0 Å².